The van der Waals surface area contributed by atoms with Crippen LogP contribution in [0, 0.1) is 0 Å². The highest BCUT2D eigenvalue weighted by atomic mass is 16.5. The molecule has 1 heterocycles. The number of carbonyl (C=O) groups excluding carboxylic acids is 1. The first-order valence-corrected chi connectivity index (χ1v) is 8.52. The summed E-state index contributed by atoms with van der Waals surface area (Å²) in [4.78, 5) is 11.9. The lowest BCUT2D eigenvalue weighted by Crippen LogP contribution is -2.34. The monoisotopic (exact) mass is 333 g/mol. The van der Waals surface area contributed by atoms with Crippen LogP contribution in [-0.2, 0) is 20.8 Å². The van der Waals surface area contributed by atoms with Crippen molar-refractivity contribution in [3.8, 4) is 5.75 Å². The minimum atomic E-state index is -0.459. The van der Waals surface area contributed by atoms with Crippen molar-refractivity contribution in [1.29, 1.82) is 0 Å². The highest BCUT2D eigenvalue weighted by Gasteiger charge is 2.16. The van der Waals surface area contributed by atoms with E-state index in [1.807, 2.05) is 24.3 Å². The van der Waals surface area contributed by atoms with E-state index in [9.17, 15) is 4.79 Å². The standard InChI is InChI=1S/C19H27NO4/c1-3-4-11-22-15(2)19(21)20-13-16-7-9-17(10-8-16)24-14-18-6-5-12-23-18/h3,7-10,15,18H,1,4-6,11-14H2,2H3,(H,20,21)/t15-,18+/m1/s1. The molecule has 0 bridgehead atoms. The van der Waals surface area contributed by atoms with Crippen molar-refractivity contribution in [1.82, 2.24) is 5.32 Å². The minimum absolute atomic E-state index is 0.113. The molecule has 0 radical (unpaired) electrons. The molecule has 5 nitrogen and oxygen atoms in total. The van der Waals surface area contributed by atoms with E-state index >= 15 is 0 Å². The highest BCUT2D eigenvalue weighted by molar-refractivity contribution is 5.80. The lowest BCUT2D eigenvalue weighted by molar-refractivity contribution is -0.131. The van der Waals surface area contributed by atoms with Gasteiger partial charge in [-0.2, -0.15) is 0 Å². The van der Waals surface area contributed by atoms with Gasteiger partial charge in [0, 0.05) is 13.2 Å². The molecule has 1 aliphatic rings. The third-order valence-electron chi connectivity index (χ3n) is 3.91. The fourth-order valence-electron chi connectivity index (χ4n) is 2.41. The van der Waals surface area contributed by atoms with Gasteiger partial charge in [0.2, 0.25) is 5.91 Å². The Kier molecular flexibility index (Phi) is 7.79. The normalized spacial score (nSPS) is 18.1. The van der Waals surface area contributed by atoms with Crippen LogP contribution in [0.5, 0.6) is 5.75 Å². The second-order valence-electron chi connectivity index (χ2n) is 5.90. The molecule has 1 saturated heterocycles. The van der Waals surface area contributed by atoms with E-state index in [-0.39, 0.29) is 12.0 Å². The molecule has 1 amide bonds. The summed E-state index contributed by atoms with van der Waals surface area (Å²) in [5.41, 5.74) is 1.02. The smallest absolute Gasteiger partial charge is 0.249 e. The number of nitrogens with one attached hydrogen (secondary N) is 1. The zero-order chi connectivity index (χ0) is 17.2. The molecule has 1 N–H and O–H groups in total. The van der Waals surface area contributed by atoms with Crippen molar-refractivity contribution in [2.45, 2.75) is 44.9 Å². The van der Waals surface area contributed by atoms with Gasteiger partial charge in [-0.3, -0.25) is 4.79 Å². The summed E-state index contributed by atoms with van der Waals surface area (Å²) < 4.78 is 16.7. The first-order chi connectivity index (χ1) is 11.7. The maximum absolute atomic E-state index is 11.9. The molecule has 0 spiro atoms. The number of carbonyl (C=O) groups is 1. The number of ether oxygens (including phenoxy) is 3. The van der Waals surface area contributed by atoms with Crippen LogP contribution in [0.1, 0.15) is 31.7 Å². The van der Waals surface area contributed by atoms with E-state index < -0.39 is 6.10 Å². The lowest BCUT2D eigenvalue weighted by atomic mass is 10.2. The summed E-state index contributed by atoms with van der Waals surface area (Å²) in [6.07, 6.45) is 4.45. The van der Waals surface area contributed by atoms with Crippen LogP contribution in [0.15, 0.2) is 36.9 Å². The molecule has 0 unspecified atom stereocenters. The van der Waals surface area contributed by atoms with Crippen LogP contribution in [0.3, 0.4) is 0 Å². The Hall–Kier alpha value is -1.85. The van der Waals surface area contributed by atoms with Crippen molar-refractivity contribution in [2.75, 3.05) is 19.8 Å². The Balaban J connectivity index is 1.68. The average Bonchev–Trinajstić information content (AvgIpc) is 3.12. The molecule has 132 valence electrons. The van der Waals surface area contributed by atoms with Gasteiger partial charge in [-0.15, -0.1) is 6.58 Å². The van der Waals surface area contributed by atoms with Gasteiger partial charge in [-0.25, -0.2) is 0 Å². The molecule has 2 rings (SSSR count). The summed E-state index contributed by atoms with van der Waals surface area (Å²) in [6.45, 7) is 7.78. The van der Waals surface area contributed by atoms with E-state index in [4.69, 9.17) is 14.2 Å². The Morgan fingerprint density at radius 3 is 2.92 bits per heavy atom. The second-order valence-corrected chi connectivity index (χ2v) is 5.90. The third-order valence-corrected chi connectivity index (χ3v) is 3.91. The van der Waals surface area contributed by atoms with Gasteiger partial charge >= 0.3 is 0 Å². The number of amides is 1. The number of hydrogen-bond acceptors (Lipinski definition) is 4. The predicted octanol–water partition coefficient (Wildman–Crippen LogP) is 2.84. The van der Waals surface area contributed by atoms with Crippen LogP contribution in [0.2, 0.25) is 0 Å². The topological polar surface area (TPSA) is 56.8 Å². The van der Waals surface area contributed by atoms with Crippen LogP contribution in [0.25, 0.3) is 0 Å². The van der Waals surface area contributed by atoms with Gasteiger partial charge in [0.25, 0.3) is 0 Å². The van der Waals surface area contributed by atoms with E-state index in [1.54, 1.807) is 13.0 Å². The summed E-state index contributed by atoms with van der Waals surface area (Å²) in [6, 6.07) is 7.74. The quantitative estimate of drug-likeness (QED) is 0.528. The Morgan fingerprint density at radius 2 is 2.25 bits per heavy atom. The molecule has 1 aliphatic heterocycles. The second kappa shape index (κ2) is 10.1. The molecule has 5 heteroatoms. The first-order valence-electron chi connectivity index (χ1n) is 8.52. The molecule has 0 aliphatic carbocycles. The molecular formula is C19H27NO4. The summed E-state index contributed by atoms with van der Waals surface area (Å²) in [5.74, 6) is 0.708. The number of hydrogen-bond donors (Lipinski definition) is 1. The molecule has 1 fully saturated rings. The van der Waals surface area contributed by atoms with Gasteiger partial charge in [0.1, 0.15) is 18.5 Å². The van der Waals surface area contributed by atoms with Crippen LogP contribution >= 0.6 is 0 Å². The van der Waals surface area contributed by atoms with E-state index in [1.165, 1.54) is 0 Å². The average molecular weight is 333 g/mol. The fourth-order valence-corrected chi connectivity index (χ4v) is 2.41. The molecule has 0 saturated carbocycles. The number of rotatable bonds is 10. The van der Waals surface area contributed by atoms with Crippen molar-refractivity contribution in [3.63, 3.8) is 0 Å². The first kappa shape index (κ1) is 18.5. The van der Waals surface area contributed by atoms with E-state index in [0.29, 0.717) is 19.8 Å². The lowest BCUT2D eigenvalue weighted by Gasteiger charge is -2.14. The van der Waals surface area contributed by atoms with Gasteiger partial charge in [-0.05, 0) is 43.9 Å². The molecule has 0 aromatic heterocycles. The zero-order valence-electron chi connectivity index (χ0n) is 14.3. The van der Waals surface area contributed by atoms with Crippen LogP contribution < -0.4 is 10.1 Å². The van der Waals surface area contributed by atoms with Gasteiger partial charge < -0.3 is 19.5 Å². The highest BCUT2D eigenvalue weighted by Crippen LogP contribution is 2.16. The maximum Gasteiger partial charge on any atom is 0.249 e. The van der Waals surface area contributed by atoms with E-state index in [0.717, 1.165) is 37.2 Å². The van der Waals surface area contributed by atoms with Gasteiger partial charge in [0.15, 0.2) is 0 Å². The molecular weight excluding hydrogens is 306 g/mol. The largest absolute Gasteiger partial charge is 0.491 e. The SMILES string of the molecule is C=CCCO[C@H](C)C(=O)NCc1ccc(OC[C@@H]2CCCO2)cc1. The molecule has 24 heavy (non-hydrogen) atoms. The van der Waals surface area contributed by atoms with Crippen LogP contribution in [-0.4, -0.2) is 37.9 Å². The molecule has 1 aromatic rings. The summed E-state index contributed by atoms with van der Waals surface area (Å²) in [5, 5.41) is 2.87. The molecule has 1 aromatic carbocycles. The summed E-state index contributed by atoms with van der Waals surface area (Å²) in [7, 11) is 0. The van der Waals surface area contributed by atoms with Crippen molar-refractivity contribution in [3.05, 3.63) is 42.5 Å². The predicted molar refractivity (Wildman–Crippen MR) is 93.0 cm³/mol. The van der Waals surface area contributed by atoms with Crippen molar-refractivity contribution < 1.29 is 19.0 Å². The van der Waals surface area contributed by atoms with Gasteiger partial charge in [-0.1, -0.05) is 18.2 Å². The fraction of sp³-hybridized carbons (Fsp3) is 0.526. The number of benzene rings is 1. The maximum atomic E-state index is 11.9. The molecule has 2 atom stereocenters. The minimum Gasteiger partial charge on any atom is -0.491 e. The third kappa shape index (κ3) is 6.34. The van der Waals surface area contributed by atoms with E-state index in [2.05, 4.69) is 11.9 Å². The summed E-state index contributed by atoms with van der Waals surface area (Å²) >= 11 is 0. The van der Waals surface area contributed by atoms with Gasteiger partial charge in [0.05, 0.1) is 12.7 Å². The Labute approximate surface area is 144 Å². The van der Waals surface area contributed by atoms with Crippen molar-refractivity contribution >= 4 is 5.91 Å². The Morgan fingerprint density at radius 1 is 1.46 bits per heavy atom. The zero-order valence-corrected chi connectivity index (χ0v) is 14.3. The van der Waals surface area contributed by atoms with Crippen molar-refractivity contribution in [2.24, 2.45) is 0 Å². The van der Waals surface area contributed by atoms with Crippen LogP contribution in [0.4, 0.5) is 0 Å². The Bertz CT molecular complexity index is 509.